The van der Waals surface area contributed by atoms with Gasteiger partial charge in [0.15, 0.2) is 5.75 Å². The lowest BCUT2D eigenvalue weighted by molar-refractivity contribution is -0.194. The first-order valence-electron chi connectivity index (χ1n) is 6.23. The van der Waals surface area contributed by atoms with Gasteiger partial charge in [0.05, 0.1) is 0 Å². The van der Waals surface area contributed by atoms with E-state index in [4.69, 9.17) is 14.5 Å². The smallest absolute Gasteiger partial charge is 0.410 e. The maximum absolute atomic E-state index is 11.6. The summed E-state index contributed by atoms with van der Waals surface area (Å²) < 4.78 is 5.12. The van der Waals surface area contributed by atoms with Crippen LogP contribution >= 0.6 is 0 Å². The van der Waals surface area contributed by atoms with Gasteiger partial charge in [-0.15, -0.1) is 0 Å². The normalized spacial score (nSPS) is 12.4. The van der Waals surface area contributed by atoms with E-state index in [1.54, 1.807) is 24.3 Å². The summed E-state index contributed by atoms with van der Waals surface area (Å²) in [5.74, 6) is 1.21. The van der Waals surface area contributed by atoms with Crippen LogP contribution in [0, 0.1) is 0 Å². The minimum Gasteiger partial charge on any atom is -0.410 e. The molecule has 20 heavy (non-hydrogen) atoms. The first-order valence-corrected chi connectivity index (χ1v) is 6.23. The number of hydrogen-bond acceptors (Lipinski definition) is 4. The summed E-state index contributed by atoms with van der Waals surface area (Å²) in [4.78, 5) is 21.5. The number of amides is 1. The van der Waals surface area contributed by atoms with Crippen LogP contribution in [0.25, 0.3) is 0 Å². The molecule has 0 atom stereocenters. The molecule has 1 amide bonds. The molecule has 0 bridgehead atoms. The van der Waals surface area contributed by atoms with Crippen molar-refractivity contribution in [3.8, 4) is 11.5 Å². The summed E-state index contributed by atoms with van der Waals surface area (Å²) in [6.45, 7) is 0.821. The summed E-state index contributed by atoms with van der Waals surface area (Å²) in [5.41, 5.74) is 1.92. The van der Waals surface area contributed by atoms with E-state index in [0.717, 1.165) is 11.1 Å². The van der Waals surface area contributed by atoms with Gasteiger partial charge in [0, 0.05) is 12.1 Å². The highest BCUT2D eigenvalue weighted by Crippen LogP contribution is 2.26. The summed E-state index contributed by atoms with van der Waals surface area (Å²) in [6, 6.07) is 14.6. The average Bonchev–Trinajstić information content (AvgIpc) is 2.93. The van der Waals surface area contributed by atoms with E-state index in [1.165, 1.54) is 0 Å². The number of hydrogen-bond donors (Lipinski definition) is 1. The van der Waals surface area contributed by atoms with Crippen molar-refractivity contribution < 1.29 is 19.3 Å². The molecular weight excluding hydrogens is 258 g/mol. The van der Waals surface area contributed by atoms with Crippen LogP contribution in [0.15, 0.2) is 48.5 Å². The van der Waals surface area contributed by atoms with Crippen molar-refractivity contribution in [2.75, 3.05) is 0 Å². The fourth-order valence-electron chi connectivity index (χ4n) is 1.87. The third-order valence-electron chi connectivity index (χ3n) is 2.89. The number of para-hydroxylation sites is 1. The van der Waals surface area contributed by atoms with Crippen LogP contribution < -0.4 is 14.9 Å². The molecule has 1 aliphatic heterocycles. The topological polar surface area (TPSA) is 56.8 Å². The molecule has 2 aromatic carbocycles. The third kappa shape index (κ3) is 2.89. The fourth-order valence-corrected chi connectivity index (χ4v) is 1.87. The lowest BCUT2D eigenvalue weighted by atomic mass is 10.1. The Labute approximate surface area is 116 Å². The van der Waals surface area contributed by atoms with Gasteiger partial charge in [-0.25, -0.2) is 4.79 Å². The lowest BCUT2D eigenvalue weighted by Gasteiger charge is -2.07. The van der Waals surface area contributed by atoms with Gasteiger partial charge in [0.25, 0.3) is 0 Å². The third-order valence-corrected chi connectivity index (χ3v) is 2.89. The average molecular weight is 271 g/mol. The van der Waals surface area contributed by atoms with Crippen LogP contribution in [0.2, 0.25) is 0 Å². The van der Waals surface area contributed by atoms with Crippen LogP contribution in [0.3, 0.4) is 0 Å². The van der Waals surface area contributed by atoms with Gasteiger partial charge >= 0.3 is 6.09 Å². The summed E-state index contributed by atoms with van der Waals surface area (Å²) in [5, 5.41) is 2.68. The van der Waals surface area contributed by atoms with Gasteiger partial charge in [0.1, 0.15) is 12.4 Å². The van der Waals surface area contributed by atoms with E-state index in [2.05, 4.69) is 5.32 Å². The number of benzene rings is 2. The molecule has 0 radical (unpaired) electrons. The minimum absolute atomic E-state index is 0.363. The van der Waals surface area contributed by atoms with Crippen LogP contribution in [0.4, 0.5) is 4.79 Å². The highest BCUT2D eigenvalue weighted by molar-refractivity contribution is 5.70. The van der Waals surface area contributed by atoms with Crippen molar-refractivity contribution in [2.24, 2.45) is 0 Å². The molecule has 0 spiro atoms. The molecule has 3 rings (SSSR count). The Morgan fingerprint density at radius 1 is 1.20 bits per heavy atom. The van der Waals surface area contributed by atoms with E-state index in [0.29, 0.717) is 24.7 Å². The zero-order valence-electron chi connectivity index (χ0n) is 10.7. The van der Waals surface area contributed by atoms with Crippen LogP contribution in [0.1, 0.15) is 11.1 Å². The predicted octanol–water partition coefficient (Wildman–Crippen LogP) is 2.80. The van der Waals surface area contributed by atoms with Crippen molar-refractivity contribution in [3.05, 3.63) is 59.7 Å². The number of rotatable bonds is 3. The molecule has 0 saturated heterocycles. The largest absolute Gasteiger partial charge is 0.412 e. The van der Waals surface area contributed by atoms with Crippen molar-refractivity contribution in [1.29, 1.82) is 0 Å². The van der Waals surface area contributed by atoms with Crippen LogP contribution in [-0.2, 0) is 18.0 Å². The number of nitrogens with one attached hydrogen (secondary N) is 1. The molecule has 5 nitrogen and oxygen atoms in total. The standard InChI is InChI=1S/C15H13NO4/c17-15(19-13-4-2-1-3-5-13)16-9-11-6-7-12-10-18-20-14(12)8-11/h1-8H,9-10H2,(H,16,17). The summed E-state index contributed by atoms with van der Waals surface area (Å²) in [6.07, 6.45) is -0.492. The second kappa shape index (κ2) is 5.63. The summed E-state index contributed by atoms with van der Waals surface area (Å²) in [7, 11) is 0. The molecular formula is C15H13NO4. The Hall–Kier alpha value is -2.53. The Balaban J connectivity index is 1.55. The zero-order valence-corrected chi connectivity index (χ0v) is 10.7. The molecule has 0 aliphatic carbocycles. The Morgan fingerprint density at radius 3 is 2.90 bits per heavy atom. The fraction of sp³-hybridized carbons (Fsp3) is 0.133. The van der Waals surface area contributed by atoms with E-state index < -0.39 is 6.09 Å². The number of fused-ring (bicyclic) bond motifs is 1. The van der Waals surface area contributed by atoms with Crippen molar-refractivity contribution in [3.63, 3.8) is 0 Å². The van der Waals surface area contributed by atoms with Crippen LogP contribution in [0.5, 0.6) is 11.5 Å². The number of carbonyl (C=O) groups is 1. The van der Waals surface area contributed by atoms with Gasteiger partial charge < -0.3 is 14.9 Å². The summed E-state index contributed by atoms with van der Waals surface area (Å²) >= 11 is 0. The number of carbonyl (C=O) groups excluding carboxylic acids is 1. The molecule has 0 fully saturated rings. The minimum atomic E-state index is -0.492. The van der Waals surface area contributed by atoms with E-state index in [9.17, 15) is 4.79 Å². The first kappa shape index (κ1) is 12.5. The Bertz CT molecular complexity index is 613. The monoisotopic (exact) mass is 271 g/mol. The highest BCUT2D eigenvalue weighted by Gasteiger charge is 2.14. The SMILES string of the molecule is O=C(NCc1ccc2c(c1)OOC2)Oc1ccccc1. The molecule has 0 saturated carbocycles. The zero-order chi connectivity index (χ0) is 13.8. The van der Waals surface area contributed by atoms with Crippen molar-refractivity contribution in [2.45, 2.75) is 13.2 Å². The maximum atomic E-state index is 11.6. The Morgan fingerprint density at radius 2 is 2.05 bits per heavy atom. The van der Waals surface area contributed by atoms with E-state index in [1.807, 2.05) is 24.3 Å². The van der Waals surface area contributed by atoms with Gasteiger partial charge in [-0.1, -0.05) is 30.3 Å². The van der Waals surface area contributed by atoms with Crippen molar-refractivity contribution in [1.82, 2.24) is 5.32 Å². The van der Waals surface area contributed by atoms with Crippen molar-refractivity contribution >= 4 is 6.09 Å². The maximum Gasteiger partial charge on any atom is 0.412 e. The molecule has 0 aromatic heterocycles. The molecule has 2 aromatic rings. The van der Waals surface area contributed by atoms with Gasteiger partial charge in [0.2, 0.25) is 0 Å². The van der Waals surface area contributed by atoms with E-state index in [-0.39, 0.29) is 0 Å². The van der Waals surface area contributed by atoms with Gasteiger partial charge in [-0.3, -0.25) is 0 Å². The van der Waals surface area contributed by atoms with Crippen LogP contribution in [-0.4, -0.2) is 6.09 Å². The molecule has 1 heterocycles. The molecule has 0 unspecified atom stereocenters. The first-order chi connectivity index (χ1) is 9.81. The Kier molecular flexibility index (Phi) is 3.52. The molecule has 1 aliphatic rings. The highest BCUT2D eigenvalue weighted by atomic mass is 17.2. The molecule has 5 heteroatoms. The van der Waals surface area contributed by atoms with Gasteiger partial charge in [-0.2, -0.15) is 4.89 Å². The van der Waals surface area contributed by atoms with Gasteiger partial charge in [-0.05, 0) is 23.8 Å². The molecule has 102 valence electrons. The molecule has 1 N–H and O–H groups in total. The second-order valence-corrected chi connectivity index (χ2v) is 4.34. The lowest BCUT2D eigenvalue weighted by Crippen LogP contribution is -2.26. The quantitative estimate of drug-likeness (QED) is 0.872. The second-order valence-electron chi connectivity index (χ2n) is 4.34. The number of ether oxygens (including phenoxy) is 1. The predicted molar refractivity (Wildman–Crippen MR) is 71.2 cm³/mol. The van der Waals surface area contributed by atoms with E-state index >= 15 is 0 Å².